The molecular formula is C8H18N2. The average molecular weight is 142 g/mol. The first kappa shape index (κ1) is 8.02. The molecule has 1 atom stereocenters. The molecular weight excluding hydrogens is 124 g/mol. The summed E-state index contributed by atoms with van der Waals surface area (Å²) in [6.07, 6.45) is 4.08. The maximum absolute atomic E-state index is 3.46. The van der Waals surface area contributed by atoms with Crippen molar-refractivity contribution < 1.29 is 0 Å². The van der Waals surface area contributed by atoms with Gasteiger partial charge in [-0.2, -0.15) is 0 Å². The van der Waals surface area contributed by atoms with Crippen LogP contribution in [-0.4, -0.2) is 25.7 Å². The Morgan fingerprint density at radius 3 is 3.20 bits per heavy atom. The SMILES string of the molecule is CCNC1CCCCNC1. The van der Waals surface area contributed by atoms with Crippen LogP contribution in [0.2, 0.25) is 0 Å². The summed E-state index contributed by atoms with van der Waals surface area (Å²) in [4.78, 5) is 0. The largest absolute Gasteiger partial charge is 0.315 e. The van der Waals surface area contributed by atoms with Crippen LogP contribution < -0.4 is 10.6 Å². The van der Waals surface area contributed by atoms with Crippen molar-refractivity contribution in [3.63, 3.8) is 0 Å². The van der Waals surface area contributed by atoms with Crippen LogP contribution in [0, 0.1) is 0 Å². The summed E-state index contributed by atoms with van der Waals surface area (Å²) >= 11 is 0. The fraction of sp³-hybridized carbons (Fsp3) is 1.00. The Balaban J connectivity index is 2.15. The maximum atomic E-state index is 3.46. The van der Waals surface area contributed by atoms with Crippen molar-refractivity contribution in [1.82, 2.24) is 10.6 Å². The Morgan fingerprint density at radius 2 is 2.40 bits per heavy atom. The van der Waals surface area contributed by atoms with Crippen molar-refractivity contribution in [3.8, 4) is 0 Å². The minimum Gasteiger partial charge on any atom is -0.315 e. The van der Waals surface area contributed by atoms with Crippen molar-refractivity contribution in [1.29, 1.82) is 0 Å². The van der Waals surface area contributed by atoms with Gasteiger partial charge in [0.2, 0.25) is 0 Å². The molecule has 1 aliphatic heterocycles. The molecule has 0 saturated carbocycles. The Bertz CT molecular complexity index is 75.3. The van der Waals surface area contributed by atoms with E-state index in [2.05, 4.69) is 17.6 Å². The molecule has 2 N–H and O–H groups in total. The van der Waals surface area contributed by atoms with E-state index in [1.165, 1.54) is 25.8 Å². The van der Waals surface area contributed by atoms with Gasteiger partial charge in [0.1, 0.15) is 0 Å². The Hall–Kier alpha value is -0.0800. The highest BCUT2D eigenvalue weighted by Gasteiger charge is 2.08. The average Bonchev–Trinajstić information content (AvgIpc) is 2.17. The molecule has 1 saturated heterocycles. The van der Waals surface area contributed by atoms with Gasteiger partial charge in [-0.3, -0.25) is 0 Å². The Morgan fingerprint density at radius 1 is 1.50 bits per heavy atom. The fourth-order valence-electron chi connectivity index (χ4n) is 1.48. The molecule has 0 amide bonds. The number of hydrogen-bond acceptors (Lipinski definition) is 2. The molecule has 1 unspecified atom stereocenters. The first-order valence-corrected chi connectivity index (χ1v) is 4.37. The molecule has 2 heteroatoms. The zero-order valence-corrected chi connectivity index (χ0v) is 6.82. The normalized spacial score (nSPS) is 27.9. The van der Waals surface area contributed by atoms with E-state index in [0.29, 0.717) is 0 Å². The molecule has 0 aromatic heterocycles. The Kier molecular flexibility index (Phi) is 3.76. The number of rotatable bonds is 2. The summed E-state index contributed by atoms with van der Waals surface area (Å²) < 4.78 is 0. The van der Waals surface area contributed by atoms with Gasteiger partial charge >= 0.3 is 0 Å². The second-order valence-electron chi connectivity index (χ2n) is 2.95. The summed E-state index contributed by atoms with van der Waals surface area (Å²) in [7, 11) is 0. The van der Waals surface area contributed by atoms with Crippen molar-refractivity contribution in [2.75, 3.05) is 19.6 Å². The van der Waals surface area contributed by atoms with E-state index < -0.39 is 0 Å². The van der Waals surface area contributed by atoms with Crippen molar-refractivity contribution in [3.05, 3.63) is 0 Å². The van der Waals surface area contributed by atoms with Crippen molar-refractivity contribution in [2.24, 2.45) is 0 Å². The second-order valence-corrected chi connectivity index (χ2v) is 2.95. The fourth-order valence-corrected chi connectivity index (χ4v) is 1.48. The maximum Gasteiger partial charge on any atom is 0.0192 e. The van der Waals surface area contributed by atoms with Gasteiger partial charge < -0.3 is 10.6 Å². The highest BCUT2D eigenvalue weighted by Crippen LogP contribution is 2.02. The molecule has 2 nitrogen and oxygen atoms in total. The molecule has 10 heavy (non-hydrogen) atoms. The Labute approximate surface area is 63.4 Å². The van der Waals surface area contributed by atoms with E-state index in [1.54, 1.807) is 0 Å². The number of likely N-dealkylation sites (N-methyl/N-ethyl adjacent to an activating group) is 1. The number of nitrogens with one attached hydrogen (secondary N) is 2. The lowest BCUT2D eigenvalue weighted by atomic mass is 10.1. The minimum absolute atomic E-state index is 0.729. The van der Waals surface area contributed by atoms with Crippen LogP contribution in [0.3, 0.4) is 0 Å². The van der Waals surface area contributed by atoms with Crippen LogP contribution in [0.25, 0.3) is 0 Å². The molecule has 1 aliphatic rings. The van der Waals surface area contributed by atoms with Gasteiger partial charge in [-0.15, -0.1) is 0 Å². The zero-order valence-electron chi connectivity index (χ0n) is 6.82. The van der Waals surface area contributed by atoms with Gasteiger partial charge in [0.15, 0.2) is 0 Å². The third kappa shape index (κ3) is 2.67. The highest BCUT2D eigenvalue weighted by molar-refractivity contribution is 4.72. The monoisotopic (exact) mass is 142 g/mol. The summed E-state index contributed by atoms with van der Waals surface area (Å²) in [5, 5.41) is 6.88. The van der Waals surface area contributed by atoms with Crippen LogP contribution in [0.15, 0.2) is 0 Å². The smallest absolute Gasteiger partial charge is 0.0192 e. The minimum atomic E-state index is 0.729. The molecule has 0 aliphatic carbocycles. The molecule has 0 aromatic carbocycles. The first-order chi connectivity index (χ1) is 4.93. The molecule has 0 spiro atoms. The van der Waals surface area contributed by atoms with Gasteiger partial charge in [-0.1, -0.05) is 13.3 Å². The summed E-state index contributed by atoms with van der Waals surface area (Å²) in [5.41, 5.74) is 0. The van der Waals surface area contributed by atoms with Crippen LogP contribution in [0.4, 0.5) is 0 Å². The summed E-state index contributed by atoms with van der Waals surface area (Å²) in [6.45, 7) is 5.65. The third-order valence-corrected chi connectivity index (χ3v) is 2.04. The highest BCUT2D eigenvalue weighted by atomic mass is 15.0. The van der Waals surface area contributed by atoms with E-state index >= 15 is 0 Å². The predicted octanol–water partition coefficient (Wildman–Crippen LogP) is 0.738. The molecule has 0 bridgehead atoms. The molecule has 0 radical (unpaired) electrons. The van der Waals surface area contributed by atoms with Crippen LogP contribution >= 0.6 is 0 Å². The standard InChI is InChI=1S/C8H18N2/c1-2-10-8-5-3-4-6-9-7-8/h8-10H,2-7H2,1H3. The van der Waals surface area contributed by atoms with Crippen molar-refractivity contribution in [2.45, 2.75) is 32.2 Å². The van der Waals surface area contributed by atoms with Gasteiger partial charge in [0.05, 0.1) is 0 Å². The van der Waals surface area contributed by atoms with E-state index in [-0.39, 0.29) is 0 Å². The molecule has 1 fully saturated rings. The molecule has 60 valence electrons. The van der Waals surface area contributed by atoms with Crippen LogP contribution in [0.5, 0.6) is 0 Å². The third-order valence-electron chi connectivity index (χ3n) is 2.04. The quantitative estimate of drug-likeness (QED) is 0.594. The predicted molar refractivity (Wildman–Crippen MR) is 44.2 cm³/mol. The van der Waals surface area contributed by atoms with Gasteiger partial charge in [-0.05, 0) is 25.9 Å². The molecule has 0 aromatic rings. The lowest BCUT2D eigenvalue weighted by Gasteiger charge is -2.13. The van der Waals surface area contributed by atoms with Crippen LogP contribution in [-0.2, 0) is 0 Å². The first-order valence-electron chi connectivity index (χ1n) is 4.37. The molecule has 1 rings (SSSR count). The lowest BCUT2D eigenvalue weighted by Crippen LogP contribution is -2.36. The van der Waals surface area contributed by atoms with E-state index in [0.717, 1.165) is 19.1 Å². The topological polar surface area (TPSA) is 24.1 Å². The summed E-state index contributed by atoms with van der Waals surface area (Å²) in [5.74, 6) is 0. The van der Waals surface area contributed by atoms with Gasteiger partial charge in [0.25, 0.3) is 0 Å². The lowest BCUT2D eigenvalue weighted by molar-refractivity contribution is 0.488. The molecule has 1 heterocycles. The van der Waals surface area contributed by atoms with E-state index in [4.69, 9.17) is 0 Å². The van der Waals surface area contributed by atoms with E-state index in [9.17, 15) is 0 Å². The van der Waals surface area contributed by atoms with Crippen LogP contribution in [0.1, 0.15) is 26.2 Å². The summed E-state index contributed by atoms with van der Waals surface area (Å²) in [6, 6.07) is 0.729. The number of hydrogen-bond donors (Lipinski definition) is 2. The van der Waals surface area contributed by atoms with E-state index in [1.807, 2.05) is 0 Å². The van der Waals surface area contributed by atoms with Crippen molar-refractivity contribution >= 4 is 0 Å². The van der Waals surface area contributed by atoms with Gasteiger partial charge in [-0.25, -0.2) is 0 Å². The second kappa shape index (κ2) is 4.69. The zero-order chi connectivity index (χ0) is 7.23. The van der Waals surface area contributed by atoms with Gasteiger partial charge in [0, 0.05) is 12.6 Å².